The number of likely N-dealkylation sites (N-methyl/N-ethyl adjacent to an activating group) is 1. The Balaban J connectivity index is 3.14. The third-order valence-electron chi connectivity index (χ3n) is 2.40. The zero-order valence-electron chi connectivity index (χ0n) is 10.1. The lowest BCUT2D eigenvalue weighted by molar-refractivity contribution is -0.384. The van der Waals surface area contributed by atoms with Crippen LogP contribution in [0.15, 0.2) is 18.2 Å². The molecule has 1 aromatic carbocycles. The third-order valence-corrected chi connectivity index (χ3v) is 2.64. The maximum absolute atomic E-state index is 11.3. The van der Waals surface area contributed by atoms with Gasteiger partial charge < -0.3 is 9.64 Å². The van der Waals surface area contributed by atoms with Gasteiger partial charge in [-0.25, -0.2) is 0 Å². The number of carbonyl (C=O) groups is 1. The highest BCUT2D eigenvalue weighted by atomic mass is 35.5. The van der Waals surface area contributed by atoms with Gasteiger partial charge in [-0.05, 0) is 19.1 Å². The summed E-state index contributed by atoms with van der Waals surface area (Å²) in [5.74, 6) is -0.467. The number of hydrogen-bond donors (Lipinski definition) is 0. The van der Waals surface area contributed by atoms with Crippen molar-refractivity contribution in [3.63, 3.8) is 0 Å². The Labute approximate surface area is 109 Å². The summed E-state index contributed by atoms with van der Waals surface area (Å²) >= 11 is 5.83. The first-order chi connectivity index (χ1) is 8.49. The molecule has 18 heavy (non-hydrogen) atoms. The van der Waals surface area contributed by atoms with Crippen LogP contribution in [0, 0.1) is 10.1 Å². The van der Waals surface area contributed by atoms with E-state index in [9.17, 15) is 14.9 Å². The van der Waals surface area contributed by atoms with Gasteiger partial charge in [-0.15, -0.1) is 0 Å². The fourth-order valence-corrected chi connectivity index (χ4v) is 1.66. The van der Waals surface area contributed by atoms with Crippen LogP contribution in [0.2, 0.25) is 5.02 Å². The van der Waals surface area contributed by atoms with E-state index in [0.717, 1.165) is 0 Å². The van der Waals surface area contributed by atoms with Gasteiger partial charge in [0, 0.05) is 17.6 Å². The van der Waals surface area contributed by atoms with Crippen molar-refractivity contribution in [1.29, 1.82) is 0 Å². The lowest BCUT2D eigenvalue weighted by Crippen LogP contribution is -2.30. The minimum absolute atomic E-state index is 0.0613. The predicted molar refractivity (Wildman–Crippen MR) is 68.0 cm³/mol. The Bertz CT molecular complexity index is 464. The number of nitro groups is 1. The summed E-state index contributed by atoms with van der Waals surface area (Å²) in [6.07, 6.45) is 0. The van der Waals surface area contributed by atoms with Gasteiger partial charge in [0.05, 0.1) is 12.0 Å². The molecule has 0 N–H and O–H groups in total. The summed E-state index contributed by atoms with van der Waals surface area (Å²) in [5.41, 5.74) is 0.213. The molecule has 6 nitrogen and oxygen atoms in total. The number of nitrogens with zero attached hydrogens (tertiary/aromatic N) is 2. The molecule has 0 unspecified atom stereocenters. The number of carbonyl (C=O) groups excluding carboxylic acids is 1. The van der Waals surface area contributed by atoms with Gasteiger partial charge in [0.1, 0.15) is 12.2 Å². The molecule has 7 heteroatoms. The van der Waals surface area contributed by atoms with Gasteiger partial charge in [-0.3, -0.25) is 14.9 Å². The second kappa shape index (κ2) is 6.20. The molecule has 1 rings (SSSR count). The van der Waals surface area contributed by atoms with Crippen molar-refractivity contribution >= 4 is 28.9 Å². The van der Waals surface area contributed by atoms with Crippen molar-refractivity contribution in [2.45, 2.75) is 6.92 Å². The van der Waals surface area contributed by atoms with Crippen LogP contribution in [0.5, 0.6) is 0 Å². The summed E-state index contributed by atoms with van der Waals surface area (Å²) in [6.45, 7) is 2.15. The largest absolute Gasteiger partial charge is 0.468 e. The highest BCUT2D eigenvalue weighted by Gasteiger charge is 2.20. The van der Waals surface area contributed by atoms with Crippen LogP contribution in [0.4, 0.5) is 11.4 Å². The minimum atomic E-state index is -0.508. The van der Waals surface area contributed by atoms with Crippen molar-refractivity contribution in [2.24, 2.45) is 0 Å². The Kier molecular flexibility index (Phi) is 4.91. The van der Waals surface area contributed by atoms with Crippen molar-refractivity contribution in [3.8, 4) is 0 Å². The van der Waals surface area contributed by atoms with Gasteiger partial charge >= 0.3 is 5.97 Å². The monoisotopic (exact) mass is 272 g/mol. The number of benzene rings is 1. The molecule has 0 fully saturated rings. The first-order valence-corrected chi connectivity index (χ1v) is 5.63. The van der Waals surface area contributed by atoms with Crippen molar-refractivity contribution < 1.29 is 14.5 Å². The van der Waals surface area contributed by atoms with Gasteiger partial charge in [-0.2, -0.15) is 0 Å². The van der Waals surface area contributed by atoms with Crippen molar-refractivity contribution in [1.82, 2.24) is 0 Å². The van der Waals surface area contributed by atoms with Crippen LogP contribution >= 0.6 is 11.6 Å². The Morgan fingerprint density at radius 2 is 2.22 bits per heavy atom. The molecule has 0 saturated carbocycles. The Morgan fingerprint density at radius 1 is 1.56 bits per heavy atom. The van der Waals surface area contributed by atoms with Crippen LogP contribution in [-0.4, -0.2) is 31.1 Å². The van der Waals surface area contributed by atoms with E-state index in [1.54, 1.807) is 6.92 Å². The fraction of sp³-hybridized carbons (Fsp3) is 0.364. The van der Waals surface area contributed by atoms with E-state index in [1.165, 1.54) is 30.2 Å². The number of rotatable bonds is 5. The molecule has 0 aliphatic carbocycles. The van der Waals surface area contributed by atoms with Crippen LogP contribution in [0.3, 0.4) is 0 Å². The first kappa shape index (κ1) is 14.2. The normalized spacial score (nSPS) is 9.94. The van der Waals surface area contributed by atoms with E-state index in [0.29, 0.717) is 17.3 Å². The number of halogens is 1. The van der Waals surface area contributed by atoms with Crippen LogP contribution in [0.1, 0.15) is 6.92 Å². The van der Waals surface area contributed by atoms with E-state index in [4.69, 9.17) is 11.6 Å². The van der Waals surface area contributed by atoms with E-state index >= 15 is 0 Å². The predicted octanol–water partition coefficient (Wildman–Crippen LogP) is 2.25. The molecule has 0 amide bonds. The van der Waals surface area contributed by atoms with Gasteiger partial charge in [0.25, 0.3) is 5.69 Å². The average Bonchev–Trinajstić information content (AvgIpc) is 2.35. The second-order valence-corrected chi connectivity index (χ2v) is 3.92. The van der Waals surface area contributed by atoms with Crippen LogP contribution < -0.4 is 4.90 Å². The average molecular weight is 273 g/mol. The number of nitro benzene ring substituents is 1. The minimum Gasteiger partial charge on any atom is -0.468 e. The molecular formula is C11H13ClN2O4. The maximum Gasteiger partial charge on any atom is 0.325 e. The van der Waals surface area contributed by atoms with Crippen LogP contribution in [0.25, 0.3) is 0 Å². The lowest BCUT2D eigenvalue weighted by atomic mass is 10.2. The summed E-state index contributed by atoms with van der Waals surface area (Å²) in [7, 11) is 1.27. The summed E-state index contributed by atoms with van der Waals surface area (Å²) < 4.78 is 4.55. The second-order valence-electron chi connectivity index (χ2n) is 3.48. The fourth-order valence-electron chi connectivity index (χ4n) is 1.49. The zero-order chi connectivity index (χ0) is 13.7. The van der Waals surface area contributed by atoms with E-state index in [2.05, 4.69) is 4.74 Å². The standard InChI is InChI=1S/C11H13ClN2O4/c1-3-13(7-11(15)18-2)10-6-8(12)4-5-9(10)14(16)17/h4-6H,3,7H2,1-2H3. The van der Waals surface area contributed by atoms with E-state index < -0.39 is 10.9 Å². The highest BCUT2D eigenvalue weighted by molar-refractivity contribution is 6.31. The van der Waals surface area contributed by atoms with E-state index in [1.807, 2.05) is 0 Å². The molecule has 0 atom stereocenters. The topological polar surface area (TPSA) is 72.7 Å². The Morgan fingerprint density at radius 3 is 2.72 bits per heavy atom. The summed E-state index contributed by atoms with van der Waals surface area (Å²) in [4.78, 5) is 23.2. The lowest BCUT2D eigenvalue weighted by Gasteiger charge is -2.21. The summed E-state index contributed by atoms with van der Waals surface area (Å²) in [5, 5.41) is 11.3. The maximum atomic E-state index is 11.3. The molecular weight excluding hydrogens is 260 g/mol. The SMILES string of the molecule is CCN(CC(=O)OC)c1cc(Cl)ccc1[N+](=O)[O-]. The molecule has 0 heterocycles. The number of anilines is 1. The zero-order valence-corrected chi connectivity index (χ0v) is 10.8. The highest BCUT2D eigenvalue weighted by Crippen LogP contribution is 2.30. The summed E-state index contributed by atoms with van der Waals surface area (Å²) in [6, 6.07) is 4.22. The molecule has 0 bridgehead atoms. The smallest absolute Gasteiger partial charge is 0.325 e. The number of hydrogen-bond acceptors (Lipinski definition) is 5. The van der Waals surface area contributed by atoms with Crippen LogP contribution in [-0.2, 0) is 9.53 Å². The molecule has 98 valence electrons. The van der Waals surface area contributed by atoms with Gasteiger partial charge in [0.15, 0.2) is 0 Å². The molecule has 0 aliphatic rings. The van der Waals surface area contributed by atoms with Crippen molar-refractivity contribution in [2.75, 3.05) is 25.1 Å². The van der Waals surface area contributed by atoms with Gasteiger partial charge in [0.2, 0.25) is 0 Å². The Hall–Kier alpha value is -1.82. The quantitative estimate of drug-likeness (QED) is 0.467. The molecule has 0 aliphatic heterocycles. The third kappa shape index (κ3) is 3.33. The number of esters is 1. The van der Waals surface area contributed by atoms with E-state index in [-0.39, 0.29) is 12.2 Å². The van der Waals surface area contributed by atoms with Gasteiger partial charge in [-0.1, -0.05) is 11.6 Å². The number of ether oxygens (including phenoxy) is 1. The van der Waals surface area contributed by atoms with Crippen molar-refractivity contribution in [3.05, 3.63) is 33.3 Å². The molecule has 0 radical (unpaired) electrons. The first-order valence-electron chi connectivity index (χ1n) is 5.25. The molecule has 1 aromatic rings. The molecule has 0 aromatic heterocycles. The molecule has 0 saturated heterocycles. The molecule has 0 spiro atoms. The number of methoxy groups -OCH3 is 1.